The molecule has 0 fully saturated rings. The lowest BCUT2D eigenvalue weighted by molar-refractivity contribution is 0.608. The van der Waals surface area contributed by atoms with Crippen molar-refractivity contribution in [3.8, 4) is 0 Å². The molecule has 2 N–H and O–H groups in total. The molecule has 1 aromatic heterocycles. The van der Waals surface area contributed by atoms with Gasteiger partial charge in [0.25, 0.3) is 0 Å². The molecule has 5 nitrogen and oxygen atoms in total. The van der Waals surface area contributed by atoms with Gasteiger partial charge in [0.1, 0.15) is 0 Å². The van der Waals surface area contributed by atoms with Crippen LogP contribution in [0.3, 0.4) is 0 Å². The molecule has 1 aromatic carbocycles. The smallest absolute Gasteiger partial charge is 0.151 e. The summed E-state index contributed by atoms with van der Waals surface area (Å²) in [6, 6.07) is 8.39. The molecule has 0 saturated heterocycles. The number of aryl methyl sites for hydroxylation is 2. The topological polar surface area (TPSA) is 69.6 Å². The van der Waals surface area contributed by atoms with E-state index in [9.17, 15) is 0 Å². The maximum absolute atomic E-state index is 5.49. The Bertz CT molecular complexity index is 460. The summed E-state index contributed by atoms with van der Waals surface area (Å²) < 4.78 is 1.83. The molecule has 17 heavy (non-hydrogen) atoms. The molecule has 0 unspecified atom stereocenters. The van der Waals surface area contributed by atoms with Gasteiger partial charge >= 0.3 is 0 Å². The second kappa shape index (κ2) is 5.54. The van der Waals surface area contributed by atoms with Crippen LogP contribution >= 0.6 is 0 Å². The van der Waals surface area contributed by atoms with E-state index < -0.39 is 0 Å². The summed E-state index contributed by atoms with van der Waals surface area (Å²) in [6.45, 7) is 3.46. The molecule has 0 spiro atoms. The molecule has 0 aliphatic carbocycles. The van der Waals surface area contributed by atoms with Gasteiger partial charge in [0, 0.05) is 6.42 Å². The first-order valence-electron chi connectivity index (χ1n) is 5.80. The van der Waals surface area contributed by atoms with Gasteiger partial charge in [-0.3, -0.25) is 0 Å². The Morgan fingerprint density at radius 1 is 1.24 bits per heavy atom. The van der Waals surface area contributed by atoms with E-state index in [4.69, 9.17) is 5.73 Å². The predicted molar refractivity (Wildman–Crippen MR) is 65.5 cm³/mol. The second-order valence-corrected chi connectivity index (χ2v) is 4.13. The summed E-state index contributed by atoms with van der Waals surface area (Å²) in [5, 5.41) is 11.7. The van der Waals surface area contributed by atoms with E-state index in [0.29, 0.717) is 13.1 Å². The van der Waals surface area contributed by atoms with Crippen LogP contribution in [-0.2, 0) is 13.0 Å². The van der Waals surface area contributed by atoms with E-state index in [2.05, 4.69) is 46.7 Å². The molecule has 0 saturated carbocycles. The van der Waals surface area contributed by atoms with Gasteiger partial charge < -0.3 is 5.73 Å². The van der Waals surface area contributed by atoms with Crippen molar-refractivity contribution in [2.24, 2.45) is 5.73 Å². The second-order valence-electron chi connectivity index (χ2n) is 4.13. The normalized spacial score (nSPS) is 10.7. The summed E-state index contributed by atoms with van der Waals surface area (Å²) in [6.07, 6.45) is 1.74. The van der Waals surface area contributed by atoms with Gasteiger partial charge in [-0.2, -0.15) is 0 Å². The molecule has 0 amide bonds. The fourth-order valence-electron chi connectivity index (χ4n) is 1.65. The van der Waals surface area contributed by atoms with Gasteiger partial charge in [-0.05, 0) is 35.9 Å². The third kappa shape index (κ3) is 3.10. The fourth-order valence-corrected chi connectivity index (χ4v) is 1.65. The molecule has 1 heterocycles. The zero-order valence-corrected chi connectivity index (χ0v) is 10.0. The minimum absolute atomic E-state index is 0.664. The highest BCUT2D eigenvalue weighted by atomic mass is 15.5. The monoisotopic (exact) mass is 231 g/mol. The first kappa shape index (κ1) is 11.7. The molecule has 90 valence electrons. The van der Waals surface area contributed by atoms with Gasteiger partial charge in [-0.25, -0.2) is 4.68 Å². The molecule has 2 rings (SSSR count). The maximum atomic E-state index is 5.49. The zero-order valence-electron chi connectivity index (χ0n) is 10.0. The van der Waals surface area contributed by atoms with E-state index in [-0.39, 0.29) is 0 Å². The molecule has 0 aliphatic heterocycles. The first-order valence-corrected chi connectivity index (χ1v) is 5.80. The van der Waals surface area contributed by atoms with Crippen molar-refractivity contribution < 1.29 is 0 Å². The van der Waals surface area contributed by atoms with Crippen LogP contribution in [0.2, 0.25) is 0 Å². The highest BCUT2D eigenvalue weighted by Crippen LogP contribution is 2.06. The lowest BCUT2D eigenvalue weighted by Crippen LogP contribution is -2.09. The number of aromatic nitrogens is 4. The van der Waals surface area contributed by atoms with Crippen molar-refractivity contribution >= 4 is 0 Å². The lowest BCUT2D eigenvalue weighted by atomic mass is 10.1. The average molecular weight is 231 g/mol. The molecular formula is C12H17N5. The summed E-state index contributed by atoms with van der Waals surface area (Å²) in [5.41, 5.74) is 7.95. The van der Waals surface area contributed by atoms with Crippen molar-refractivity contribution in [3.05, 3.63) is 41.2 Å². The predicted octanol–water partition coefficient (Wildman–Crippen LogP) is 0.921. The van der Waals surface area contributed by atoms with Crippen LogP contribution in [0.1, 0.15) is 23.4 Å². The Morgan fingerprint density at radius 2 is 2.00 bits per heavy atom. The van der Waals surface area contributed by atoms with Crippen molar-refractivity contribution in [1.29, 1.82) is 0 Å². The third-order valence-corrected chi connectivity index (χ3v) is 2.66. The van der Waals surface area contributed by atoms with Gasteiger partial charge in [-0.15, -0.1) is 5.10 Å². The number of hydrogen-bond acceptors (Lipinski definition) is 4. The summed E-state index contributed by atoms with van der Waals surface area (Å²) in [4.78, 5) is 0. The third-order valence-electron chi connectivity index (χ3n) is 2.66. The van der Waals surface area contributed by atoms with Crippen LogP contribution in [0.5, 0.6) is 0 Å². The number of rotatable bonds is 5. The van der Waals surface area contributed by atoms with Crippen LogP contribution in [-0.4, -0.2) is 26.8 Å². The number of hydrogen-bond donors (Lipinski definition) is 1. The van der Waals surface area contributed by atoms with Crippen molar-refractivity contribution in [2.45, 2.75) is 26.3 Å². The number of tetrazole rings is 1. The molecule has 0 aliphatic rings. The van der Waals surface area contributed by atoms with Crippen molar-refractivity contribution in [2.75, 3.05) is 6.54 Å². The zero-order chi connectivity index (χ0) is 12.1. The first-order chi connectivity index (χ1) is 8.29. The Hall–Kier alpha value is -1.75. The molecular weight excluding hydrogens is 214 g/mol. The Morgan fingerprint density at radius 3 is 2.71 bits per heavy atom. The largest absolute Gasteiger partial charge is 0.330 e. The lowest BCUT2D eigenvalue weighted by Gasteiger charge is -2.04. The van der Waals surface area contributed by atoms with Crippen molar-refractivity contribution in [1.82, 2.24) is 20.2 Å². The Kier molecular flexibility index (Phi) is 3.82. The molecule has 0 bridgehead atoms. The summed E-state index contributed by atoms with van der Waals surface area (Å²) in [5.74, 6) is 0.899. The van der Waals surface area contributed by atoms with E-state index >= 15 is 0 Å². The van der Waals surface area contributed by atoms with Crippen LogP contribution in [0.4, 0.5) is 0 Å². The van der Waals surface area contributed by atoms with E-state index in [1.54, 1.807) is 0 Å². The molecule has 0 atom stereocenters. The summed E-state index contributed by atoms with van der Waals surface area (Å²) in [7, 11) is 0. The number of benzene rings is 1. The Labute approximate surface area is 101 Å². The number of nitrogens with zero attached hydrogens (tertiary/aromatic N) is 4. The van der Waals surface area contributed by atoms with Crippen LogP contribution < -0.4 is 5.73 Å². The highest BCUT2D eigenvalue weighted by molar-refractivity contribution is 5.21. The molecule has 5 heteroatoms. The maximum Gasteiger partial charge on any atom is 0.151 e. The number of nitrogens with two attached hydrogens (primary N) is 1. The van der Waals surface area contributed by atoms with Gasteiger partial charge in [0.05, 0.1) is 6.54 Å². The quantitative estimate of drug-likeness (QED) is 0.830. The minimum Gasteiger partial charge on any atom is -0.330 e. The standard InChI is InChI=1S/C12H17N5/c1-10-4-6-11(7-5-10)9-17-12(3-2-8-13)14-15-16-17/h4-7H,2-3,8-9,13H2,1H3. The van der Waals surface area contributed by atoms with Gasteiger partial charge in [-0.1, -0.05) is 29.8 Å². The van der Waals surface area contributed by atoms with Gasteiger partial charge in [0.15, 0.2) is 5.82 Å². The molecule has 0 radical (unpaired) electrons. The van der Waals surface area contributed by atoms with E-state index in [1.165, 1.54) is 11.1 Å². The van der Waals surface area contributed by atoms with Crippen molar-refractivity contribution in [3.63, 3.8) is 0 Å². The van der Waals surface area contributed by atoms with E-state index in [0.717, 1.165) is 18.7 Å². The molecule has 2 aromatic rings. The van der Waals surface area contributed by atoms with Crippen LogP contribution in [0.25, 0.3) is 0 Å². The highest BCUT2D eigenvalue weighted by Gasteiger charge is 2.05. The van der Waals surface area contributed by atoms with Crippen LogP contribution in [0, 0.1) is 6.92 Å². The fraction of sp³-hybridized carbons (Fsp3) is 0.417. The SMILES string of the molecule is Cc1ccc(Cn2nnnc2CCCN)cc1. The average Bonchev–Trinajstić information content (AvgIpc) is 2.77. The van der Waals surface area contributed by atoms with Gasteiger partial charge in [0.2, 0.25) is 0 Å². The Balaban J connectivity index is 2.07. The minimum atomic E-state index is 0.664. The van der Waals surface area contributed by atoms with Crippen LogP contribution in [0.15, 0.2) is 24.3 Å². The van der Waals surface area contributed by atoms with E-state index in [1.807, 2.05) is 4.68 Å². The summed E-state index contributed by atoms with van der Waals surface area (Å²) >= 11 is 0.